The van der Waals surface area contributed by atoms with Gasteiger partial charge in [-0.15, -0.1) is 0 Å². The number of thiazole rings is 1. The highest BCUT2D eigenvalue weighted by Gasteiger charge is 2.21. The van der Waals surface area contributed by atoms with Crippen LogP contribution in [0.5, 0.6) is 0 Å². The first kappa shape index (κ1) is 17.4. The molecule has 1 saturated heterocycles. The molecule has 1 fully saturated rings. The lowest BCUT2D eigenvalue weighted by Gasteiger charge is -2.25. The summed E-state index contributed by atoms with van der Waals surface area (Å²) in [7, 11) is 0. The van der Waals surface area contributed by atoms with Gasteiger partial charge >= 0.3 is 0 Å². The molecule has 0 unspecified atom stereocenters. The van der Waals surface area contributed by atoms with E-state index in [0.717, 1.165) is 45.2 Å². The Morgan fingerprint density at radius 1 is 1.12 bits per heavy atom. The number of rotatable bonds is 4. The maximum atomic E-state index is 13.8. The molecule has 1 aliphatic rings. The monoisotopic (exact) mass is 386 g/mol. The van der Waals surface area contributed by atoms with E-state index in [1.807, 2.05) is 18.4 Å². The summed E-state index contributed by atoms with van der Waals surface area (Å²) in [5, 5.41) is 1.71. The van der Waals surface area contributed by atoms with Crippen molar-refractivity contribution in [2.75, 3.05) is 24.2 Å². The quantitative estimate of drug-likeness (QED) is 0.460. The first-order valence-electron chi connectivity index (χ1n) is 8.64. The summed E-state index contributed by atoms with van der Waals surface area (Å²) in [5.74, 6) is -0.256. The zero-order valence-electron chi connectivity index (χ0n) is 14.5. The second-order valence-electron chi connectivity index (χ2n) is 6.16. The van der Waals surface area contributed by atoms with Crippen molar-refractivity contribution >= 4 is 28.2 Å². The SMILES string of the molecule is CSc1nccc(-c2sc(N3CCCCC3)nc2-c2cccc(F)c2)n1. The van der Waals surface area contributed by atoms with Crippen LogP contribution in [-0.2, 0) is 0 Å². The smallest absolute Gasteiger partial charge is 0.187 e. The zero-order chi connectivity index (χ0) is 17.9. The number of thioether (sulfide) groups is 1. The highest BCUT2D eigenvalue weighted by Crippen LogP contribution is 2.40. The number of anilines is 1. The Hall–Kier alpha value is -1.99. The van der Waals surface area contributed by atoms with Crippen LogP contribution in [0.2, 0.25) is 0 Å². The molecule has 0 saturated carbocycles. The van der Waals surface area contributed by atoms with E-state index in [0.29, 0.717) is 0 Å². The van der Waals surface area contributed by atoms with Crippen LogP contribution >= 0.6 is 23.1 Å². The molecular formula is C19H19FN4S2. The Balaban J connectivity index is 1.83. The normalized spacial score (nSPS) is 14.6. The lowest BCUT2D eigenvalue weighted by atomic mass is 10.1. The molecular weight excluding hydrogens is 367 g/mol. The number of hydrogen-bond acceptors (Lipinski definition) is 6. The zero-order valence-corrected chi connectivity index (χ0v) is 16.1. The predicted octanol–water partition coefficient (Wildman–Crippen LogP) is 5.12. The highest BCUT2D eigenvalue weighted by atomic mass is 32.2. The molecule has 4 nitrogen and oxygen atoms in total. The number of hydrogen-bond donors (Lipinski definition) is 0. The molecule has 1 aromatic carbocycles. The second-order valence-corrected chi connectivity index (χ2v) is 7.91. The Labute approximate surface area is 160 Å². The van der Waals surface area contributed by atoms with Crippen LogP contribution in [0.4, 0.5) is 9.52 Å². The van der Waals surface area contributed by atoms with Crippen LogP contribution in [0.1, 0.15) is 19.3 Å². The molecule has 3 heterocycles. The van der Waals surface area contributed by atoms with Gasteiger partial charge in [0.1, 0.15) is 5.82 Å². The first-order valence-corrected chi connectivity index (χ1v) is 10.7. The van der Waals surface area contributed by atoms with Gasteiger partial charge in [-0.3, -0.25) is 0 Å². The first-order chi connectivity index (χ1) is 12.7. The fourth-order valence-electron chi connectivity index (χ4n) is 3.10. The molecule has 0 bridgehead atoms. The van der Waals surface area contributed by atoms with Crippen molar-refractivity contribution in [3.05, 3.63) is 42.3 Å². The number of halogens is 1. The minimum absolute atomic E-state index is 0.256. The van der Waals surface area contributed by atoms with E-state index in [-0.39, 0.29) is 5.82 Å². The van der Waals surface area contributed by atoms with Gasteiger partial charge in [0, 0.05) is 24.8 Å². The van der Waals surface area contributed by atoms with E-state index in [1.165, 1.54) is 43.2 Å². The summed E-state index contributed by atoms with van der Waals surface area (Å²) in [6.07, 6.45) is 7.37. The molecule has 0 spiro atoms. The van der Waals surface area contributed by atoms with Gasteiger partial charge in [-0.25, -0.2) is 19.3 Å². The van der Waals surface area contributed by atoms with E-state index >= 15 is 0 Å². The third kappa shape index (κ3) is 3.59. The molecule has 0 atom stereocenters. The molecule has 26 heavy (non-hydrogen) atoms. The molecule has 1 aliphatic heterocycles. The van der Waals surface area contributed by atoms with Gasteiger partial charge in [0.05, 0.1) is 16.3 Å². The summed E-state index contributed by atoms with van der Waals surface area (Å²) in [6, 6.07) is 8.52. The lowest BCUT2D eigenvalue weighted by Crippen LogP contribution is -2.29. The van der Waals surface area contributed by atoms with Gasteiger partial charge in [-0.05, 0) is 43.7 Å². The number of aromatic nitrogens is 3. The molecule has 3 aromatic rings. The third-order valence-electron chi connectivity index (χ3n) is 4.39. The van der Waals surface area contributed by atoms with Gasteiger partial charge < -0.3 is 4.90 Å². The van der Waals surface area contributed by atoms with Crippen LogP contribution < -0.4 is 4.90 Å². The second kappa shape index (κ2) is 7.72. The van der Waals surface area contributed by atoms with Crippen LogP contribution in [0.25, 0.3) is 21.8 Å². The Morgan fingerprint density at radius 2 is 1.96 bits per heavy atom. The summed E-state index contributed by atoms with van der Waals surface area (Å²) in [4.78, 5) is 17.1. The van der Waals surface area contributed by atoms with Crippen LogP contribution in [-0.4, -0.2) is 34.3 Å². The summed E-state index contributed by atoms with van der Waals surface area (Å²) in [5.41, 5.74) is 2.41. The van der Waals surface area contributed by atoms with Crippen LogP contribution in [0.3, 0.4) is 0 Å². The number of benzene rings is 1. The van der Waals surface area contributed by atoms with Crippen molar-refractivity contribution in [2.24, 2.45) is 0 Å². The van der Waals surface area contributed by atoms with Crippen molar-refractivity contribution in [1.29, 1.82) is 0 Å². The predicted molar refractivity (Wildman–Crippen MR) is 106 cm³/mol. The molecule has 0 aliphatic carbocycles. The molecule has 0 amide bonds. The van der Waals surface area contributed by atoms with E-state index in [2.05, 4.69) is 14.9 Å². The van der Waals surface area contributed by atoms with E-state index < -0.39 is 0 Å². The van der Waals surface area contributed by atoms with Crippen molar-refractivity contribution in [1.82, 2.24) is 15.0 Å². The summed E-state index contributed by atoms with van der Waals surface area (Å²) < 4.78 is 13.8. The van der Waals surface area contributed by atoms with Crippen molar-refractivity contribution in [3.8, 4) is 21.8 Å². The van der Waals surface area contributed by atoms with Crippen LogP contribution in [0, 0.1) is 5.82 Å². The fourth-order valence-corrected chi connectivity index (χ4v) is 4.57. The van der Waals surface area contributed by atoms with E-state index in [1.54, 1.807) is 23.6 Å². The summed E-state index contributed by atoms with van der Waals surface area (Å²) in [6.45, 7) is 2.05. The molecule has 7 heteroatoms. The van der Waals surface area contributed by atoms with Crippen molar-refractivity contribution < 1.29 is 4.39 Å². The number of nitrogens with zero attached hydrogens (tertiary/aromatic N) is 4. The van der Waals surface area contributed by atoms with Gasteiger partial charge in [-0.2, -0.15) is 0 Å². The molecule has 4 rings (SSSR count). The largest absolute Gasteiger partial charge is 0.348 e. The third-order valence-corrected chi connectivity index (χ3v) is 6.09. The molecule has 2 aromatic heterocycles. The van der Waals surface area contributed by atoms with Gasteiger partial charge in [0.15, 0.2) is 10.3 Å². The topological polar surface area (TPSA) is 41.9 Å². The molecule has 0 N–H and O–H groups in total. The summed E-state index contributed by atoms with van der Waals surface area (Å²) >= 11 is 3.14. The Kier molecular flexibility index (Phi) is 5.17. The maximum Gasteiger partial charge on any atom is 0.187 e. The highest BCUT2D eigenvalue weighted by molar-refractivity contribution is 7.98. The van der Waals surface area contributed by atoms with E-state index in [4.69, 9.17) is 4.98 Å². The Bertz CT molecular complexity index is 906. The van der Waals surface area contributed by atoms with Gasteiger partial charge in [0.2, 0.25) is 0 Å². The minimum Gasteiger partial charge on any atom is -0.348 e. The average Bonchev–Trinajstić information content (AvgIpc) is 3.14. The van der Waals surface area contributed by atoms with Gasteiger partial charge in [0.25, 0.3) is 0 Å². The number of piperidine rings is 1. The van der Waals surface area contributed by atoms with E-state index in [9.17, 15) is 4.39 Å². The van der Waals surface area contributed by atoms with Crippen molar-refractivity contribution in [2.45, 2.75) is 24.4 Å². The van der Waals surface area contributed by atoms with Gasteiger partial charge in [-0.1, -0.05) is 35.2 Å². The average molecular weight is 387 g/mol. The molecule has 134 valence electrons. The van der Waals surface area contributed by atoms with Crippen LogP contribution in [0.15, 0.2) is 41.7 Å². The minimum atomic E-state index is -0.256. The standard InChI is InChI=1S/C19H19FN4S2/c1-25-18-21-9-8-15(22-18)17-16(13-6-5-7-14(20)12-13)23-19(26-17)24-10-3-2-4-11-24/h5-9,12H,2-4,10-11H2,1H3. The fraction of sp³-hybridized carbons (Fsp3) is 0.316. The Morgan fingerprint density at radius 3 is 2.73 bits per heavy atom. The maximum absolute atomic E-state index is 13.8. The molecule has 0 radical (unpaired) electrons. The lowest BCUT2D eigenvalue weighted by molar-refractivity contribution is 0.577. The van der Waals surface area contributed by atoms with Crippen molar-refractivity contribution in [3.63, 3.8) is 0 Å².